The average molecular weight is 443 g/mol. The van der Waals surface area contributed by atoms with Crippen LogP contribution in [0.2, 0.25) is 0 Å². The van der Waals surface area contributed by atoms with Gasteiger partial charge in [-0.05, 0) is 43.2 Å². The van der Waals surface area contributed by atoms with E-state index in [4.69, 9.17) is 5.14 Å². The Labute approximate surface area is 180 Å². The third-order valence-corrected chi connectivity index (χ3v) is 6.29. The molecular weight excluding hydrogens is 420 g/mol. The molecule has 0 aliphatic rings. The van der Waals surface area contributed by atoms with E-state index < -0.39 is 15.3 Å². The number of aromatic nitrogens is 2. The van der Waals surface area contributed by atoms with E-state index in [-0.39, 0.29) is 17.3 Å². The van der Waals surface area contributed by atoms with Crippen LogP contribution in [0.4, 0.5) is 0 Å². The Hall–Kier alpha value is -2.75. The molecule has 2 aromatic carbocycles. The van der Waals surface area contributed by atoms with Crippen LogP contribution in [0.15, 0.2) is 70.7 Å². The largest absolute Gasteiger partial charge is 0.351 e. The summed E-state index contributed by atoms with van der Waals surface area (Å²) < 4.78 is 22.7. The topological polar surface area (TPSA) is 115 Å². The standard InChI is InChI=1S/C21H22N4O3S2/c1-14-12-15(2)25-21(24-14)29-19(17-6-4-3-5-7-17)20(26)23-13-16-8-10-18(11-9-16)30(22,27)28/h3-12,19H,13H2,1-2H3,(H,23,26)(H2,22,27,28)/t19-/m1/s1. The third kappa shape index (κ3) is 5.88. The van der Waals surface area contributed by atoms with Crippen molar-refractivity contribution in [2.75, 3.05) is 0 Å². The molecule has 0 spiro atoms. The molecule has 1 amide bonds. The average Bonchev–Trinajstić information content (AvgIpc) is 2.70. The van der Waals surface area contributed by atoms with Gasteiger partial charge >= 0.3 is 0 Å². The molecule has 3 N–H and O–H groups in total. The first-order chi connectivity index (χ1) is 14.2. The van der Waals surface area contributed by atoms with Gasteiger partial charge in [-0.3, -0.25) is 4.79 Å². The van der Waals surface area contributed by atoms with Crippen LogP contribution in [0.5, 0.6) is 0 Å². The maximum atomic E-state index is 13.0. The van der Waals surface area contributed by atoms with E-state index in [9.17, 15) is 13.2 Å². The Morgan fingerprint density at radius 1 is 1.03 bits per heavy atom. The van der Waals surface area contributed by atoms with Gasteiger partial charge in [0.15, 0.2) is 5.16 Å². The van der Waals surface area contributed by atoms with Crippen molar-refractivity contribution >= 4 is 27.7 Å². The third-order valence-electron chi connectivity index (χ3n) is 4.24. The van der Waals surface area contributed by atoms with Gasteiger partial charge in [0.2, 0.25) is 15.9 Å². The van der Waals surface area contributed by atoms with Gasteiger partial charge in [-0.1, -0.05) is 54.2 Å². The smallest absolute Gasteiger partial charge is 0.238 e. The lowest BCUT2D eigenvalue weighted by Gasteiger charge is -2.17. The molecule has 9 heteroatoms. The summed E-state index contributed by atoms with van der Waals surface area (Å²) in [5.41, 5.74) is 3.28. The molecule has 7 nitrogen and oxygen atoms in total. The van der Waals surface area contributed by atoms with Crippen molar-refractivity contribution in [3.05, 3.63) is 83.2 Å². The molecule has 0 unspecified atom stereocenters. The minimum Gasteiger partial charge on any atom is -0.351 e. The van der Waals surface area contributed by atoms with E-state index in [1.807, 2.05) is 50.2 Å². The highest BCUT2D eigenvalue weighted by atomic mass is 32.2. The van der Waals surface area contributed by atoms with Crippen molar-refractivity contribution in [2.45, 2.75) is 35.7 Å². The molecule has 1 atom stereocenters. The molecule has 3 aromatic rings. The SMILES string of the molecule is Cc1cc(C)nc(S[C@@H](C(=O)NCc2ccc(S(N)(=O)=O)cc2)c2ccccc2)n1. The van der Waals surface area contributed by atoms with Crippen molar-refractivity contribution in [3.8, 4) is 0 Å². The quantitative estimate of drug-likeness (QED) is 0.429. The van der Waals surface area contributed by atoms with Crippen LogP contribution < -0.4 is 10.5 Å². The number of aryl methyl sites for hydroxylation is 2. The van der Waals surface area contributed by atoms with E-state index in [1.54, 1.807) is 12.1 Å². The fourth-order valence-electron chi connectivity index (χ4n) is 2.83. The summed E-state index contributed by atoms with van der Waals surface area (Å²) in [7, 11) is -3.75. The van der Waals surface area contributed by atoms with Crippen LogP contribution >= 0.6 is 11.8 Å². The first-order valence-electron chi connectivity index (χ1n) is 9.16. The molecule has 1 aromatic heterocycles. The Morgan fingerprint density at radius 3 is 2.20 bits per heavy atom. The lowest BCUT2D eigenvalue weighted by molar-refractivity contribution is -0.120. The second kappa shape index (κ2) is 9.38. The highest BCUT2D eigenvalue weighted by molar-refractivity contribution is 8.00. The normalized spacial score (nSPS) is 12.4. The van der Waals surface area contributed by atoms with Gasteiger partial charge in [0, 0.05) is 17.9 Å². The fourth-order valence-corrected chi connectivity index (χ4v) is 4.43. The summed E-state index contributed by atoms with van der Waals surface area (Å²) in [5, 5.41) is 8.03. The van der Waals surface area contributed by atoms with Crippen molar-refractivity contribution in [1.29, 1.82) is 0 Å². The maximum absolute atomic E-state index is 13.0. The summed E-state index contributed by atoms with van der Waals surface area (Å²) in [6.45, 7) is 4.03. The first kappa shape index (κ1) is 21.9. The zero-order chi connectivity index (χ0) is 21.7. The Bertz CT molecular complexity index is 1110. The summed E-state index contributed by atoms with van der Waals surface area (Å²) in [6, 6.07) is 17.4. The van der Waals surface area contributed by atoms with Gasteiger partial charge in [0.05, 0.1) is 4.90 Å². The van der Waals surface area contributed by atoms with Gasteiger partial charge in [-0.15, -0.1) is 0 Å². The fraction of sp³-hybridized carbons (Fsp3) is 0.190. The molecule has 0 saturated heterocycles. The lowest BCUT2D eigenvalue weighted by atomic mass is 10.1. The van der Waals surface area contributed by atoms with Crippen LogP contribution in [0, 0.1) is 13.8 Å². The molecular formula is C21H22N4O3S2. The number of amides is 1. The number of hydrogen-bond donors (Lipinski definition) is 2. The van der Waals surface area contributed by atoms with E-state index >= 15 is 0 Å². The molecule has 0 radical (unpaired) electrons. The number of hydrogen-bond acceptors (Lipinski definition) is 6. The highest BCUT2D eigenvalue weighted by Gasteiger charge is 2.23. The second-order valence-electron chi connectivity index (χ2n) is 6.75. The molecule has 0 aliphatic carbocycles. The lowest BCUT2D eigenvalue weighted by Crippen LogP contribution is -2.27. The number of primary sulfonamides is 1. The van der Waals surface area contributed by atoms with E-state index in [0.717, 1.165) is 22.5 Å². The first-order valence-corrected chi connectivity index (χ1v) is 11.6. The van der Waals surface area contributed by atoms with Crippen LogP contribution in [-0.2, 0) is 21.4 Å². The van der Waals surface area contributed by atoms with Crippen LogP contribution in [0.25, 0.3) is 0 Å². The molecule has 156 valence electrons. The molecule has 1 heterocycles. The van der Waals surface area contributed by atoms with Crippen molar-refractivity contribution in [3.63, 3.8) is 0 Å². The van der Waals surface area contributed by atoms with Crippen molar-refractivity contribution in [1.82, 2.24) is 15.3 Å². The number of rotatable bonds is 7. The number of sulfonamides is 1. The van der Waals surface area contributed by atoms with Crippen molar-refractivity contribution < 1.29 is 13.2 Å². The molecule has 0 bridgehead atoms. The van der Waals surface area contributed by atoms with Gasteiger partial charge in [-0.2, -0.15) is 0 Å². The van der Waals surface area contributed by atoms with Crippen LogP contribution in [0.1, 0.15) is 27.8 Å². The van der Waals surface area contributed by atoms with Gasteiger partial charge in [-0.25, -0.2) is 23.5 Å². The highest BCUT2D eigenvalue weighted by Crippen LogP contribution is 2.33. The zero-order valence-corrected chi connectivity index (χ0v) is 18.2. The Morgan fingerprint density at radius 2 is 1.63 bits per heavy atom. The summed E-state index contributed by atoms with van der Waals surface area (Å²) >= 11 is 1.29. The molecule has 30 heavy (non-hydrogen) atoms. The van der Waals surface area contributed by atoms with Crippen molar-refractivity contribution in [2.24, 2.45) is 5.14 Å². The summed E-state index contributed by atoms with van der Waals surface area (Å²) in [5.74, 6) is -0.190. The molecule has 0 aliphatic heterocycles. The Kier molecular flexibility index (Phi) is 6.86. The number of carbonyl (C=O) groups excluding carboxylic acids is 1. The van der Waals surface area contributed by atoms with Gasteiger partial charge < -0.3 is 5.32 Å². The molecule has 3 rings (SSSR count). The number of nitrogens with two attached hydrogens (primary N) is 1. The number of nitrogens with zero attached hydrogens (tertiary/aromatic N) is 2. The summed E-state index contributed by atoms with van der Waals surface area (Å²) in [4.78, 5) is 21.9. The number of carbonyl (C=O) groups is 1. The second-order valence-corrected chi connectivity index (χ2v) is 9.38. The zero-order valence-electron chi connectivity index (χ0n) is 16.6. The van der Waals surface area contributed by atoms with E-state index in [1.165, 1.54) is 23.9 Å². The minimum absolute atomic E-state index is 0.0299. The van der Waals surface area contributed by atoms with Gasteiger partial charge in [0.25, 0.3) is 0 Å². The number of nitrogens with one attached hydrogen (secondary N) is 1. The monoisotopic (exact) mass is 442 g/mol. The molecule has 0 saturated carbocycles. The predicted octanol–water partition coefficient (Wildman–Crippen LogP) is 2.89. The Balaban J connectivity index is 1.77. The maximum Gasteiger partial charge on any atom is 0.238 e. The predicted molar refractivity (Wildman–Crippen MR) is 116 cm³/mol. The number of thioether (sulfide) groups is 1. The van der Waals surface area contributed by atoms with E-state index in [0.29, 0.717) is 5.16 Å². The van der Waals surface area contributed by atoms with E-state index in [2.05, 4.69) is 15.3 Å². The van der Waals surface area contributed by atoms with Crippen LogP contribution in [0.3, 0.4) is 0 Å². The minimum atomic E-state index is -3.75. The molecule has 0 fully saturated rings. The summed E-state index contributed by atoms with van der Waals surface area (Å²) in [6.07, 6.45) is 0. The number of benzene rings is 2. The van der Waals surface area contributed by atoms with Crippen LogP contribution in [-0.4, -0.2) is 24.3 Å². The van der Waals surface area contributed by atoms with Gasteiger partial charge in [0.1, 0.15) is 5.25 Å².